The second kappa shape index (κ2) is 4.06. The summed E-state index contributed by atoms with van der Waals surface area (Å²) in [5.74, 6) is -0.682. The van der Waals surface area contributed by atoms with Gasteiger partial charge < -0.3 is 15.7 Å². The number of nitrogen functional groups attached to an aromatic ring is 1. The molecule has 3 aromatic heterocycles. The molecule has 0 fully saturated rings. The van der Waals surface area contributed by atoms with Crippen LogP contribution < -0.4 is 11.3 Å². The van der Waals surface area contributed by atoms with Crippen molar-refractivity contribution in [3.63, 3.8) is 0 Å². The third kappa shape index (κ3) is 1.84. The third-order valence-corrected chi connectivity index (χ3v) is 2.94. The monoisotopic (exact) mass is 279 g/mol. The topological polar surface area (TPSA) is 100 Å². The van der Waals surface area contributed by atoms with Crippen LogP contribution in [0.5, 0.6) is 0 Å². The average molecular weight is 280 g/mol. The number of fused-ring (bicyclic) bond motifs is 1. The Balaban J connectivity index is 2.28. The molecule has 3 heterocycles. The highest BCUT2D eigenvalue weighted by Gasteiger charge is 2.12. The number of halogens is 2. The molecule has 96 valence electrons. The normalized spacial score (nSPS) is 11.1. The van der Waals surface area contributed by atoms with Crippen LogP contribution in [0.3, 0.4) is 0 Å². The first kappa shape index (κ1) is 11.7. The van der Waals surface area contributed by atoms with Crippen molar-refractivity contribution in [1.82, 2.24) is 19.9 Å². The number of anilines is 1. The molecule has 3 rings (SSSR count). The van der Waals surface area contributed by atoms with Gasteiger partial charge in [-0.1, -0.05) is 11.6 Å². The number of aromatic nitrogens is 4. The molecule has 0 aliphatic heterocycles. The van der Waals surface area contributed by atoms with Crippen LogP contribution in [0.1, 0.15) is 0 Å². The van der Waals surface area contributed by atoms with Gasteiger partial charge in [-0.3, -0.25) is 4.79 Å². The van der Waals surface area contributed by atoms with Crippen molar-refractivity contribution in [2.75, 3.05) is 5.73 Å². The maximum Gasteiger partial charge on any atom is 0.268 e. The molecular formula is C11H7ClFN5O. The van der Waals surface area contributed by atoms with Gasteiger partial charge in [0.1, 0.15) is 10.7 Å². The van der Waals surface area contributed by atoms with Crippen molar-refractivity contribution in [3.05, 3.63) is 39.7 Å². The molecule has 0 atom stereocenters. The number of nitrogens with one attached hydrogen (secondary N) is 2. The van der Waals surface area contributed by atoms with Crippen LogP contribution in [0.15, 0.2) is 23.3 Å². The second-order valence-electron chi connectivity index (χ2n) is 3.86. The number of hydrogen-bond donors (Lipinski definition) is 3. The summed E-state index contributed by atoms with van der Waals surface area (Å²) in [6, 6.07) is 1.49. The fourth-order valence-electron chi connectivity index (χ4n) is 1.75. The Labute approximate surface area is 110 Å². The first-order valence-corrected chi connectivity index (χ1v) is 5.62. The van der Waals surface area contributed by atoms with Crippen molar-refractivity contribution >= 4 is 28.5 Å². The van der Waals surface area contributed by atoms with Gasteiger partial charge in [-0.25, -0.2) is 14.4 Å². The number of rotatable bonds is 1. The van der Waals surface area contributed by atoms with Gasteiger partial charge in [0.15, 0.2) is 17.5 Å². The van der Waals surface area contributed by atoms with Gasteiger partial charge in [-0.2, -0.15) is 0 Å². The molecule has 0 amide bonds. The molecule has 6 nitrogen and oxygen atoms in total. The first-order valence-electron chi connectivity index (χ1n) is 5.24. The van der Waals surface area contributed by atoms with E-state index in [1.807, 2.05) is 0 Å². The molecule has 0 saturated carbocycles. The Bertz CT molecular complexity index is 841. The summed E-state index contributed by atoms with van der Waals surface area (Å²) in [4.78, 5) is 24.5. The highest BCUT2D eigenvalue weighted by Crippen LogP contribution is 2.26. The van der Waals surface area contributed by atoms with Crippen LogP contribution in [0.25, 0.3) is 22.4 Å². The van der Waals surface area contributed by atoms with E-state index >= 15 is 0 Å². The smallest absolute Gasteiger partial charge is 0.268 e. The minimum absolute atomic E-state index is 0.0448. The van der Waals surface area contributed by atoms with Gasteiger partial charge in [0.05, 0.1) is 6.20 Å². The molecule has 0 spiro atoms. The lowest BCUT2D eigenvalue weighted by Crippen LogP contribution is -2.05. The van der Waals surface area contributed by atoms with E-state index in [0.29, 0.717) is 16.6 Å². The zero-order chi connectivity index (χ0) is 13.6. The van der Waals surface area contributed by atoms with E-state index in [-0.39, 0.29) is 16.7 Å². The first-order chi connectivity index (χ1) is 9.06. The van der Waals surface area contributed by atoms with Crippen LogP contribution in [0.4, 0.5) is 10.2 Å². The summed E-state index contributed by atoms with van der Waals surface area (Å²) in [6.45, 7) is 0. The van der Waals surface area contributed by atoms with E-state index in [0.717, 1.165) is 6.20 Å². The van der Waals surface area contributed by atoms with Crippen LogP contribution in [-0.4, -0.2) is 19.9 Å². The van der Waals surface area contributed by atoms with Crippen LogP contribution in [0, 0.1) is 5.82 Å². The molecule has 0 bridgehead atoms. The van der Waals surface area contributed by atoms with Gasteiger partial charge in [0.2, 0.25) is 0 Å². The van der Waals surface area contributed by atoms with Crippen molar-refractivity contribution in [2.45, 2.75) is 0 Å². The molecule has 0 aliphatic rings. The lowest BCUT2D eigenvalue weighted by molar-refractivity contribution is 0.620. The maximum absolute atomic E-state index is 13.0. The molecule has 0 unspecified atom stereocenters. The van der Waals surface area contributed by atoms with Crippen LogP contribution in [-0.2, 0) is 0 Å². The summed E-state index contributed by atoms with van der Waals surface area (Å²) >= 11 is 5.78. The summed E-state index contributed by atoms with van der Waals surface area (Å²) in [5.41, 5.74) is 6.06. The van der Waals surface area contributed by atoms with Crippen LogP contribution in [0.2, 0.25) is 5.02 Å². The molecule has 0 aliphatic carbocycles. The summed E-state index contributed by atoms with van der Waals surface area (Å²) < 4.78 is 13.0. The number of aromatic amines is 2. The Kier molecular flexibility index (Phi) is 2.49. The predicted molar refractivity (Wildman–Crippen MR) is 69.3 cm³/mol. The largest absolute Gasteiger partial charge is 0.381 e. The van der Waals surface area contributed by atoms with Crippen molar-refractivity contribution in [2.24, 2.45) is 0 Å². The Morgan fingerprint density at radius 3 is 2.95 bits per heavy atom. The zero-order valence-electron chi connectivity index (χ0n) is 9.37. The van der Waals surface area contributed by atoms with Gasteiger partial charge in [0, 0.05) is 17.1 Å². The molecule has 4 N–H and O–H groups in total. The summed E-state index contributed by atoms with van der Waals surface area (Å²) in [6.07, 6.45) is 2.58. The van der Waals surface area contributed by atoms with Crippen molar-refractivity contribution in [3.8, 4) is 11.4 Å². The molecule has 3 aromatic rings. The predicted octanol–water partition coefficient (Wildman–Crippen LogP) is 1.69. The van der Waals surface area contributed by atoms with Gasteiger partial charge in [0.25, 0.3) is 5.56 Å². The highest BCUT2D eigenvalue weighted by atomic mass is 35.5. The molecule has 8 heteroatoms. The van der Waals surface area contributed by atoms with E-state index in [1.165, 1.54) is 6.07 Å². The lowest BCUT2D eigenvalue weighted by Gasteiger charge is -2.00. The van der Waals surface area contributed by atoms with Crippen molar-refractivity contribution < 1.29 is 4.39 Å². The number of nitrogens with zero attached hydrogens (tertiary/aromatic N) is 2. The summed E-state index contributed by atoms with van der Waals surface area (Å²) in [5, 5.41) is 0.666. The van der Waals surface area contributed by atoms with Crippen LogP contribution >= 0.6 is 11.6 Å². The summed E-state index contributed by atoms with van der Waals surface area (Å²) in [7, 11) is 0. The van der Waals surface area contributed by atoms with E-state index < -0.39 is 11.4 Å². The van der Waals surface area contributed by atoms with E-state index in [2.05, 4.69) is 19.9 Å². The number of pyridine rings is 1. The number of H-pyrrole nitrogens is 2. The van der Waals surface area contributed by atoms with E-state index in [9.17, 15) is 9.18 Å². The van der Waals surface area contributed by atoms with Gasteiger partial charge >= 0.3 is 0 Å². The molecular weight excluding hydrogens is 273 g/mol. The minimum atomic E-state index is -0.685. The number of hydrogen-bond acceptors (Lipinski definition) is 4. The molecule has 0 saturated heterocycles. The fraction of sp³-hybridized carbons (Fsp3) is 0. The Morgan fingerprint density at radius 1 is 1.42 bits per heavy atom. The second-order valence-corrected chi connectivity index (χ2v) is 4.27. The molecule has 0 aromatic carbocycles. The third-order valence-electron chi connectivity index (χ3n) is 2.66. The molecule has 0 radical (unpaired) electrons. The lowest BCUT2D eigenvalue weighted by atomic mass is 10.2. The highest BCUT2D eigenvalue weighted by molar-refractivity contribution is 6.31. The number of nitrogens with two attached hydrogens (primary N) is 1. The maximum atomic E-state index is 13.0. The Hall–Kier alpha value is -2.41. The minimum Gasteiger partial charge on any atom is -0.381 e. The average Bonchev–Trinajstić information content (AvgIpc) is 2.76. The Morgan fingerprint density at radius 2 is 2.21 bits per heavy atom. The molecule has 19 heavy (non-hydrogen) atoms. The SMILES string of the molecule is Nc1nc(-c2c[nH]c3[nH]c(=O)c(Cl)cc23)ncc1F. The zero-order valence-corrected chi connectivity index (χ0v) is 10.1. The van der Waals surface area contributed by atoms with Gasteiger partial charge in [-0.05, 0) is 6.07 Å². The fourth-order valence-corrected chi connectivity index (χ4v) is 1.90. The van der Waals surface area contributed by atoms with E-state index in [4.69, 9.17) is 17.3 Å². The van der Waals surface area contributed by atoms with Gasteiger partial charge in [-0.15, -0.1) is 0 Å². The van der Waals surface area contributed by atoms with E-state index in [1.54, 1.807) is 6.20 Å². The standard InChI is InChI=1S/C11H7ClFN5O/c12-6-1-4-5(2-15-9(4)18-11(6)19)10-16-3-7(13)8(14)17-10/h1-3H,(H2,14,16,17)(H2,15,18,19). The quantitative estimate of drug-likeness (QED) is 0.631. The van der Waals surface area contributed by atoms with Crippen molar-refractivity contribution in [1.29, 1.82) is 0 Å².